The highest BCUT2D eigenvalue weighted by molar-refractivity contribution is 7.86. The minimum absolute atomic E-state index is 0.0224. The van der Waals surface area contributed by atoms with Crippen molar-refractivity contribution >= 4 is 47.7 Å². The number of carboxylic acids is 2. The van der Waals surface area contributed by atoms with E-state index in [0.717, 1.165) is 62.1 Å². The molecule has 0 saturated carbocycles. The van der Waals surface area contributed by atoms with Crippen molar-refractivity contribution in [3.05, 3.63) is 80.2 Å². The number of carbonyl (C=O) groups is 4. The number of H-pyrrole nitrogens is 2. The van der Waals surface area contributed by atoms with E-state index >= 15 is 0 Å². The standard InChI is InChI=1S/C33H38N4O6S/c1-6-19-15(2)24(36-33(19)43)11-22-16(3)20(7-9-29(38)39)25(34-22)13-26-21(8-10-30(40)41)17(4)23(35-26)12-27-31(28-14-44-28)18(5)32(42)37-27/h6,11-12,18,28,31,34-35H,1,7-10,13-14H2,2-5H3,(H,36,43)(H,37,42)(H,38,39)(H,40,41)/p+1/b24-11+,27-12-/t18-,28-,31?/m1/s1. The van der Waals surface area contributed by atoms with Crippen LogP contribution in [0.1, 0.15) is 71.7 Å². The summed E-state index contributed by atoms with van der Waals surface area (Å²) in [7, 11) is 0. The van der Waals surface area contributed by atoms with E-state index < -0.39 is 11.9 Å². The first-order chi connectivity index (χ1) is 20.9. The first-order valence-electron chi connectivity index (χ1n) is 14.8. The van der Waals surface area contributed by atoms with Crippen molar-refractivity contribution in [1.29, 1.82) is 0 Å². The van der Waals surface area contributed by atoms with Crippen LogP contribution in [-0.2, 0) is 50.2 Å². The molecule has 0 bridgehead atoms. The van der Waals surface area contributed by atoms with Gasteiger partial charge in [0.25, 0.3) is 5.91 Å². The first-order valence-corrected chi connectivity index (χ1v) is 15.9. The maximum atomic E-state index is 12.6. The first kappa shape index (κ1) is 31.2. The van der Waals surface area contributed by atoms with Crippen LogP contribution in [0.4, 0.5) is 0 Å². The van der Waals surface area contributed by atoms with E-state index in [0.29, 0.717) is 35.8 Å². The molecular formula is C33H39N4O6S+. The molecule has 5 rings (SSSR count). The van der Waals surface area contributed by atoms with Crippen LogP contribution in [-0.4, -0.2) is 54.9 Å². The Kier molecular flexibility index (Phi) is 8.78. The summed E-state index contributed by atoms with van der Waals surface area (Å²) in [4.78, 5) is 55.0. The second-order valence-corrected chi connectivity index (χ2v) is 13.2. The van der Waals surface area contributed by atoms with Gasteiger partial charge in [0.1, 0.15) is 0 Å². The highest BCUT2D eigenvalue weighted by Gasteiger charge is 2.52. The molecule has 10 nitrogen and oxygen atoms in total. The van der Waals surface area contributed by atoms with Gasteiger partial charge in [0.2, 0.25) is 5.91 Å². The van der Waals surface area contributed by atoms with Crippen molar-refractivity contribution in [2.45, 2.75) is 65.0 Å². The van der Waals surface area contributed by atoms with E-state index in [1.54, 1.807) is 0 Å². The summed E-state index contributed by atoms with van der Waals surface area (Å²) in [5.41, 5.74) is 9.65. The van der Waals surface area contributed by atoms with Gasteiger partial charge in [-0.1, -0.05) is 19.6 Å². The fraction of sp³-hybridized carbons (Fsp3) is 0.394. The highest BCUT2D eigenvalue weighted by atomic mass is 32.2. The fourth-order valence-electron chi connectivity index (χ4n) is 6.37. The van der Waals surface area contributed by atoms with Crippen molar-refractivity contribution < 1.29 is 29.4 Å². The van der Waals surface area contributed by atoms with Crippen molar-refractivity contribution in [2.24, 2.45) is 11.8 Å². The fourth-order valence-corrected chi connectivity index (χ4v) is 7.37. The molecule has 3 aliphatic heterocycles. The minimum Gasteiger partial charge on any atom is -0.481 e. The lowest BCUT2D eigenvalue weighted by atomic mass is 9.91. The zero-order chi connectivity index (χ0) is 31.9. The van der Waals surface area contributed by atoms with Crippen molar-refractivity contribution in [3.63, 3.8) is 0 Å². The molecule has 5 heterocycles. The quantitative estimate of drug-likeness (QED) is 0.121. The molecule has 0 spiro atoms. The molecule has 3 atom stereocenters. The van der Waals surface area contributed by atoms with Crippen LogP contribution >= 0.6 is 0 Å². The van der Waals surface area contributed by atoms with Gasteiger partial charge < -0.3 is 30.8 Å². The number of carboxylic acid groups (broad SMARTS) is 2. The van der Waals surface area contributed by atoms with Crippen LogP contribution < -0.4 is 10.6 Å². The monoisotopic (exact) mass is 619 g/mol. The molecule has 1 unspecified atom stereocenters. The predicted molar refractivity (Wildman–Crippen MR) is 171 cm³/mol. The third-order valence-corrected chi connectivity index (χ3v) is 10.1. The maximum Gasteiger partial charge on any atom is 0.303 e. The highest BCUT2D eigenvalue weighted by Crippen LogP contribution is 2.38. The van der Waals surface area contributed by atoms with Crippen LogP contribution in [0.25, 0.3) is 12.2 Å². The lowest BCUT2D eigenvalue weighted by Crippen LogP contribution is -2.17. The molecule has 44 heavy (non-hydrogen) atoms. The second-order valence-electron chi connectivity index (χ2n) is 11.8. The summed E-state index contributed by atoms with van der Waals surface area (Å²) >= 11 is 1.35. The van der Waals surface area contributed by atoms with E-state index in [1.165, 1.54) is 17.8 Å². The molecule has 2 fully saturated rings. The summed E-state index contributed by atoms with van der Waals surface area (Å²) in [6, 6.07) is 0. The molecule has 11 heteroatoms. The van der Waals surface area contributed by atoms with Crippen LogP contribution in [0, 0.1) is 25.7 Å². The average molecular weight is 620 g/mol. The molecule has 232 valence electrons. The zero-order valence-corrected chi connectivity index (χ0v) is 26.3. The van der Waals surface area contributed by atoms with Gasteiger partial charge in [-0.3, -0.25) is 19.2 Å². The number of thiol groups is 1. The molecule has 0 aromatic carbocycles. The molecule has 6 N–H and O–H groups in total. The molecular weight excluding hydrogens is 580 g/mol. The lowest BCUT2D eigenvalue weighted by Gasteiger charge is -2.08. The van der Waals surface area contributed by atoms with Crippen LogP contribution in [0.3, 0.4) is 0 Å². The molecule has 2 aromatic rings. The van der Waals surface area contributed by atoms with Crippen LogP contribution in [0.5, 0.6) is 0 Å². The predicted octanol–water partition coefficient (Wildman–Crippen LogP) is 3.48. The third kappa shape index (κ3) is 6.19. The van der Waals surface area contributed by atoms with E-state index in [4.69, 9.17) is 0 Å². The normalized spacial score (nSPS) is 23.0. The largest absolute Gasteiger partial charge is 0.481 e. The number of carbonyl (C=O) groups excluding carboxylic acids is 2. The maximum absolute atomic E-state index is 12.6. The van der Waals surface area contributed by atoms with Gasteiger partial charge in [-0.05, 0) is 85.4 Å². The SMILES string of the molecule is C=CC1=C(C)/C(=C\c2[nH]c(Cc3[nH]c(/C=C4\NC(=O)[C@H](C)C4[C@H]4C[SH+]4)c(C)c3CCC(=O)O)c(CCC(=O)O)c2C)NC1=O. The molecule has 0 radical (unpaired) electrons. The number of nitrogens with one attached hydrogen (secondary N) is 4. The van der Waals surface area contributed by atoms with Crippen molar-refractivity contribution in [2.75, 3.05) is 5.75 Å². The van der Waals surface area contributed by atoms with Gasteiger partial charge in [-0.25, -0.2) is 0 Å². The summed E-state index contributed by atoms with van der Waals surface area (Å²) in [5, 5.41) is 25.4. The van der Waals surface area contributed by atoms with E-state index in [1.807, 2.05) is 39.8 Å². The number of rotatable bonds is 12. The molecule has 2 amide bonds. The Morgan fingerprint density at radius 3 is 1.95 bits per heavy atom. The molecule has 3 aliphatic rings. The zero-order valence-electron chi connectivity index (χ0n) is 25.4. The van der Waals surface area contributed by atoms with Gasteiger partial charge in [0.05, 0.1) is 5.92 Å². The van der Waals surface area contributed by atoms with Crippen LogP contribution in [0.15, 0.2) is 35.2 Å². The van der Waals surface area contributed by atoms with Gasteiger partial charge in [-0.15, -0.1) is 0 Å². The van der Waals surface area contributed by atoms with Gasteiger partial charge >= 0.3 is 11.9 Å². The van der Waals surface area contributed by atoms with E-state index in [-0.39, 0.29) is 36.5 Å². The topological polar surface area (TPSA) is 164 Å². The Hall–Kier alpha value is -4.25. The summed E-state index contributed by atoms with van der Waals surface area (Å²) in [6.07, 6.45) is 6.32. The van der Waals surface area contributed by atoms with Gasteiger partial charge in [-0.2, -0.15) is 0 Å². The Bertz CT molecular complexity index is 1670. The second kappa shape index (κ2) is 12.4. The van der Waals surface area contributed by atoms with E-state index in [9.17, 15) is 29.4 Å². The summed E-state index contributed by atoms with van der Waals surface area (Å²) < 4.78 is 0. The molecule has 2 aromatic heterocycles. The molecule has 0 aliphatic carbocycles. The smallest absolute Gasteiger partial charge is 0.303 e. The minimum atomic E-state index is -0.905. The van der Waals surface area contributed by atoms with E-state index in [2.05, 4.69) is 27.2 Å². The summed E-state index contributed by atoms with van der Waals surface area (Å²) in [6.45, 7) is 11.4. The number of aliphatic carboxylic acids is 2. The number of amides is 2. The summed E-state index contributed by atoms with van der Waals surface area (Å²) in [5.74, 6) is -0.877. The Morgan fingerprint density at radius 1 is 0.932 bits per heavy atom. The molecule has 2 saturated heterocycles. The Morgan fingerprint density at radius 2 is 1.48 bits per heavy atom. The van der Waals surface area contributed by atoms with Crippen molar-refractivity contribution in [1.82, 2.24) is 20.6 Å². The number of aromatic amines is 2. The van der Waals surface area contributed by atoms with Crippen molar-refractivity contribution in [3.8, 4) is 0 Å². The number of hydrogen-bond acceptors (Lipinski definition) is 4. The number of hydrogen-bond donors (Lipinski definition) is 6. The Balaban J connectivity index is 1.55. The average Bonchev–Trinajstić information content (AvgIpc) is 3.53. The van der Waals surface area contributed by atoms with Crippen LogP contribution in [0.2, 0.25) is 0 Å². The van der Waals surface area contributed by atoms with Gasteiger partial charge in [0.15, 0.2) is 11.0 Å². The Labute approximate surface area is 260 Å². The number of aromatic nitrogens is 2. The lowest BCUT2D eigenvalue weighted by molar-refractivity contribution is -0.138. The van der Waals surface area contributed by atoms with Gasteiger partial charge in [0, 0.05) is 64.9 Å². The number of allylic oxidation sites excluding steroid dienone is 2. The third-order valence-electron chi connectivity index (χ3n) is 9.02.